The zero-order valence-electron chi connectivity index (χ0n) is 8.21. The molecule has 0 fully saturated rings. The summed E-state index contributed by atoms with van der Waals surface area (Å²) in [5, 5.41) is 7.12. The molecule has 1 N–H and O–H groups in total. The zero-order valence-corrected chi connectivity index (χ0v) is 8.21. The van der Waals surface area contributed by atoms with Gasteiger partial charge in [0, 0.05) is 30.8 Å². The summed E-state index contributed by atoms with van der Waals surface area (Å²) in [5.74, 6) is 0. The van der Waals surface area contributed by atoms with Crippen LogP contribution in [-0.4, -0.2) is 28.2 Å². The van der Waals surface area contributed by atoms with E-state index in [2.05, 4.69) is 22.0 Å². The van der Waals surface area contributed by atoms with Crippen LogP contribution in [0.15, 0.2) is 6.20 Å². The van der Waals surface area contributed by atoms with Gasteiger partial charge in [-0.3, -0.25) is 10.00 Å². The van der Waals surface area contributed by atoms with Crippen LogP contribution in [0.1, 0.15) is 31.0 Å². The Morgan fingerprint density at radius 1 is 1.62 bits per heavy atom. The van der Waals surface area contributed by atoms with E-state index in [-0.39, 0.29) is 0 Å². The normalized spacial score (nSPS) is 17.3. The molecule has 1 aromatic rings. The number of nitrogens with one attached hydrogen (secondary N) is 1. The molecule has 1 aromatic heterocycles. The lowest BCUT2D eigenvalue weighted by atomic mass is 10.1. The Morgan fingerprint density at radius 2 is 2.54 bits per heavy atom. The smallest absolute Gasteiger partial charge is 0.0535 e. The van der Waals surface area contributed by atoms with E-state index >= 15 is 0 Å². The number of rotatable bonds is 3. The SMILES string of the molecule is CCCCN1CCc2[nH]ncc2C1. The first-order chi connectivity index (χ1) is 6.40. The van der Waals surface area contributed by atoms with E-state index in [0.29, 0.717) is 0 Å². The molecule has 0 unspecified atom stereocenters. The van der Waals surface area contributed by atoms with Crippen LogP contribution in [-0.2, 0) is 13.0 Å². The quantitative estimate of drug-likeness (QED) is 0.763. The lowest BCUT2D eigenvalue weighted by molar-refractivity contribution is 0.249. The Hall–Kier alpha value is -0.830. The highest BCUT2D eigenvalue weighted by atomic mass is 15.2. The van der Waals surface area contributed by atoms with Crippen molar-refractivity contribution in [3.63, 3.8) is 0 Å². The summed E-state index contributed by atoms with van der Waals surface area (Å²) in [6.45, 7) is 5.76. The number of hydrogen-bond acceptors (Lipinski definition) is 2. The molecule has 1 aliphatic rings. The summed E-state index contributed by atoms with van der Waals surface area (Å²) in [6.07, 6.45) is 5.70. The maximum absolute atomic E-state index is 4.07. The monoisotopic (exact) mass is 179 g/mol. The van der Waals surface area contributed by atoms with Crippen molar-refractivity contribution >= 4 is 0 Å². The van der Waals surface area contributed by atoms with Crippen molar-refractivity contribution in [2.24, 2.45) is 0 Å². The van der Waals surface area contributed by atoms with Gasteiger partial charge in [-0.05, 0) is 13.0 Å². The number of nitrogens with zero attached hydrogens (tertiary/aromatic N) is 2. The second kappa shape index (κ2) is 3.92. The van der Waals surface area contributed by atoms with E-state index in [0.717, 1.165) is 13.0 Å². The van der Waals surface area contributed by atoms with Crippen LogP contribution in [0.2, 0.25) is 0 Å². The first kappa shape index (κ1) is 8.75. The molecule has 0 saturated heterocycles. The third kappa shape index (κ3) is 1.91. The van der Waals surface area contributed by atoms with Gasteiger partial charge in [0.05, 0.1) is 6.20 Å². The molecule has 2 heterocycles. The number of unbranched alkanes of at least 4 members (excludes halogenated alkanes) is 1. The predicted octanol–water partition coefficient (Wildman–Crippen LogP) is 1.57. The summed E-state index contributed by atoms with van der Waals surface area (Å²) in [7, 11) is 0. The van der Waals surface area contributed by atoms with Crippen LogP contribution < -0.4 is 0 Å². The van der Waals surface area contributed by atoms with Gasteiger partial charge in [-0.25, -0.2) is 0 Å². The fraction of sp³-hybridized carbons (Fsp3) is 0.700. The Morgan fingerprint density at radius 3 is 3.38 bits per heavy atom. The molecule has 72 valence electrons. The summed E-state index contributed by atoms with van der Waals surface area (Å²) < 4.78 is 0. The highest BCUT2D eigenvalue weighted by Crippen LogP contribution is 2.15. The van der Waals surface area contributed by atoms with Gasteiger partial charge >= 0.3 is 0 Å². The van der Waals surface area contributed by atoms with E-state index in [1.807, 2.05) is 6.20 Å². The summed E-state index contributed by atoms with van der Waals surface area (Å²) >= 11 is 0. The van der Waals surface area contributed by atoms with Crippen molar-refractivity contribution in [3.05, 3.63) is 17.5 Å². The molecule has 0 radical (unpaired) electrons. The van der Waals surface area contributed by atoms with E-state index in [1.165, 1.54) is 37.2 Å². The number of fused-ring (bicyclic) bond motifs is 1. The van der Waals surface area contributed by atoms with E-state index < -0.39 is 0 Å². The third-order valence-electron chi connectivity index (χ3n) is 2.71. The van der Waals surface area contributed by atoms with Crippen molar-refractivity contribution in [2.45, 2.75) is 32.7 Å². The predicted molar refractivity (Wildman–Crippen MR) is 52.5 cm³/mol. The Balaban J connectivity index is 1.93. The van der Waals surface area contributed by atoms with Crippen molar-refractivity contribution < 1.29 is 0 Å². The van der Waals surface area contributed by atoms with Gasteiger partial charge < -0.3 is 0 Å². The number of aromatic nitrogens is 2. The van der Waals surface area contributed by atoms with Gasteiger partial charge in [-0.2, -0.15) is 5.10 Å². The van der Waals surface area contributed by atoms with Crippen molar-refractivity contribution in [3.8, 4) is 0 Å². The van der Waals surface area contributed by atoms with Crippen LogP contribution in [0.5, 0.6) is 0 Å². The Kier molecular flexibility index (Phi) is 2.64. The molecular weight excluding hydrogens is 162 g/mol. The maximum Gasteiger partial charge on any atom is 0.0535 e. The molecule has 0 saturated carbocycles. The minimum absolute atomic E-state index is 1.09. The highest BCUT2D eigenvalue weighted by molar-refractivity contribution is 5.18. The first-order valence-electron chi connectivity index (χ1n) is 5.13. The van der Waals surface area contributed by atoms with Gasteiger partial charge in [0.1, 0.15) is 0 Å². The molecular formula is C10H17N3. The first-order valence-corrected chi connectivity index (χ1v) is 5.13. The third-order valence-corrected chi connectivity index (χ3v) is 2.71. The number of hydrogen-bond donors (Lipinski definition) is 1. The molecule has 1 aliphatic heterocycles. The lowest BCUT2D eigenvalue weighted by Crippen LogP contribution is -2.30. The van der Waals surface area contributed by atoms with Crippen LogP contribution in [0.3, 0.4) is 0 Å². The molecule has 3 heteroatoms. The van der Waals surface area contributed by atoms with Crippen molar-refractivity contribution in [1.82, 2.24) is 15.1 Å². The van der Waals surface area contributed by atoms with Gasteiger partial charge in [-0.1, -0.05) is 13.3 Å². The molecule has 0 spiro atoms. The molecule has 0 amide bonds. The topological polar surface area (TPSA) is 31.9 Å². The number of H-pyrrole nitrogens is 1. The summed E-state index contributed by atoms with van der Waals surface area (Å²) in [4.78, 5) is 2.52. The van der Waals surface area contributed by atoms with E-state index in [9.17, 15) is 0 Å². The molecule has 0 aromatic carbocycles. The van der Waals surface area contributed by atoms with Crippen molar-refractivity contribution in [2.75, 3.05) is 13.1 Å². The van der Waals surface area contributed by atoms with Crippen LogP contribution in [0.25, 0.3) is 0 Å². The second-order valence-electron chi connectivity index (χ2n) is 3.75. The van der Waals surface area contributed by atoms with Gasteiger partial charge in [0.2, 0.25) is 0 Å². The fourth-order valence-electron chi connectivity index (χ4n) is 1.85. The maximum atomic E-state index is 4.07. The second-order valence-corrected chi connectivity index (χ2v) is 3.75. The fourth-order valence-corrected chi connectivity index (χ4v) is 1.85. The largest absolute Gasteiger partial charge is 0.299 e. The molecule has 3 nitrogen and oxygen atoms in total. The minimum atomic E-state index is 1.09. The van der Waals surface area contributed by atoms with Crippen molar-refractivity contribution in [1.29, 1.82) is 0 Å². The lowest BCUT2D eigenvalue weighted by Gasteiger charge is -2.25. The number of aromatic amines is 1. The molecule has 0 aliphatic carbocycles. The summed E-state index contributed by atoms with van der Waals surface area (Å²) in [5.41, 5.74) is 2.73. The highest BCUT2D eigenvalue weighted by Gasteiger charge is 2.16. The Labute approximate surface area is 79.1 Å². The summed E-state index contributed by atoms with van der Waals surface area (Å²) in [6, 6.07) is 0. The molecule has 0 bridgehead atoms. The van der Waals surface area contributed by atoms with Gasteiger partial charge in [0.25, 0.3) is 0 Å². The van der Waals surface area contributed by atoms with Crippen LogP contribution >= 0.6 is 0 Å². The molecule has 0 atom stereocenters. The van der Waals surface area contributed by atoms with Gasteiger partial charge in [-0.15, -0.1) is 0 Å². The van der Waals surface area contributed by atoms with E-state index in [1.54, 1.807) is 0 Å². The average Bonchev–Trinajstić information content (AvgIpc) is 2.61. The van der Waals surface area contributed by atoms with Crippen LogP contribution in [0, 0.1) is 0 Å². The van der Waals surface area contributed by atoms with Gasteiger partial charge in [0.15, 0.2) is 0 Å². The Bertz CT molecular complexity index is 267. The standard InChI is InChI=1S/C10H17N3/c1-2-3-5-13-6-4-10-9(8-13)7-11-12-10/h7H,2-6,8H2,1H3,(H,11,12). The molecule has 13 heavy (non-hydrogen) atoms. The average molecular weight is 179 g/mol. The van der Waals surface area contributed by atoms with E-state index in [4.69, 9.17) is 0 Å². The minimum Gasteiger partial charge on any atom is -0.299 e. The molecule has 2 rings (SSSR count). The van der Waals surface area contributed by atoms with Crippen LogP contribution in [0.4, 0.5) is 0 Å². The zero-order chi connectivity index (χ0) is 9.10.